The van der Waals surface area contributed by atoms with E-state index in [2.05, 4.69) is 19.2 Å². The Morgan fingerprint density at radius 3 is 2.26 bits per heavy atom. The molecule has 1 N–H and O–H groups in total. The van der Waals surface area contributed by atoms with E-state index in [1.165, 1.54) is 0 Å². The van der Waals surface area contributed by atoms with E-state index in [0.29, 0.717) is 12.5 Å². The molecule has 0 aromatic carbocycles. The molecule has 4 nitrogen and oxygen atoms in total. The minimum absolute atomic E-state index is 0.0731. The lowest BCUT2D eigenvalue weighted by molar-refractivity contribution is -0.159. The van der Waals surface area contributed by atoms with Crippen LogP contribution >= 0.6 is 0 Å². The molecule has 1 aliphatic carbocycles. The van der Waals surface area contributed by atoms with Gasteiger partial charge in [0.05, 0.1) is 0 Å². The summed E-state index contributed by atoms with van der Waals surface area (Å²) in [7, 11) is 0. The van der Waals surface area contributed by atoms with Gasteiger partial charge in [-0.25, -0.2) is 0 Å². The van der Waals surface area contributed by atoms with Crippen LogP contribution in [0.15, 0.2) is 0 Å². The Balaban J connectivity index is 2.33. The number of amides is 2. The maximum Gasteiger partial charge on any atom is 0.246 e. The van der Waals surface area contributed by atoms with E-state index in [0.717, 1.165) is 25.7 Å². The number of nitrogens with zero attached hydrogens (tertiary/aromatic N) is 1. The second-order valence-electron chi connectivity index (χ2n) is 6.78. The topological polar surface area (TPSA) is 49.4 Å². The minimum atomic E-state index is -0.549. The van der Waals surface area contributed by atoms with E-state index in [9.17, 15) is 9.59 Å². The summed E-state index contributed by atoms with van der Waals surface area (Å²) in [5.41, 5.74) is -0.549. The first kappa shape index (κ1) is 14.4. The van der Waals surface area contributed by atoms with Crippen molar-refractivity contribution >= 4 is 11.8 Å². The Labute approximate surface area is 115 Å². The molecule has 1 saturated heterocycles. The molecule has 2 aliphatic rings. The van der Waals surface area contributed by atoms with Gasteiger partial charge in [-0.1, -0.05) is 40.5 Å². The van der Waals surface area contributed by atoms with Crippen LogP contribution in [0.25, 0.3) is 0 Å². The predicted molar refractivity (Wildman–Crippen MR) is 74.5 cm³/mol. The van der Waals surface area contributed by atoms with Crippen molar-refractivity contribution in [1.82, 2.24) is 10.2 Å². The van der Waals surface area contributed by atoms with Crippen molar-refractivity contribution in [2.24, 2.45) is 11.8 Å². The van der Waals surface area contributed by atoms with Gasteiger partial charge in [-0.3, -0.25) is 9.59 Å². The van der Waals surface area contributed by atoms with Crippen LogP contribution in [-0.4, -0.2) is 34.8 Å². The molecule has 1 spiro atoms. The summed E-state index contributed by atoms with van der Waals surface area (Å²) in [4.78, 5) is 27.2. The van der Waals surface area contributed by atoms with Gasteiger partial charge in [0.1, 0.15) is 11.6 Å². The van der Waals surface area contributed by atoms with Crippen LogP contribution in [0.2, 0.25) is 0 Å². The van der Waals surface area contributed by atoms with Crippen molar-refractivity contribution in [2.75, 3.05) is 6.54 Å². The molecule has 0 bridgehead atoms. The first-order valence-electron chi connectivity index (χ1n) is 7.51. The lowest BCUT2D eigenvalue weighted by Gasteiger charge is -2.48. The van der Waals surface area contributed by atoms with Gasteiger partial charge >= 0.3 is 0 Å². The van der Waals surface area contributed by atoms with Crippen molar-refractivity contribution in [3.05, 3.63) is 0 Å². The van der Waals surface area contributed by atoms with Crippen LogP contribution in [0.5, 0.6) is 0 Å². The fourth-order valence-electron chi connectivity index (χ4n) is 3.38. The van der Waals surface area contributed by atoms with Crippen LogP contribution in [0, 0.1) is 11.8 Å². The van der Waals surface area contributed by atoms with Crippen LogP contribution in [0.4, 0.5) is 0 Å². The van der Waals surface area contributed by atoms with E-state index in [1.54, 1.807) is 0 Å². The highest BCUT2D eigenvalue weighted by atomic mass is 16.2. The molecule has 2 rings (SSSR count). The quantitative estimate of drug-likeness (QED) is 0.848. The maximum atomic E-state index is 12.7. The van der Waals surface area contributed by atoms with E-state index in [1.807, 2.05) is 18.7 Å². The molecule has 0 radical (unpaired) electrons. The average molecular weight is 266 g/mol. The first-order valence-corrected chi connectivity index (χ1v) is 7.51. The summed E-state index contributed by atoms with van der Waals surface area (Å²) in [5.74, 6) is 0.721. The largest absolute Gasteiger partial charge is 0.342 e. The van der Waals surface area contributed by atoms with E-state index in [4.69, 9.17) is 0 Å². The smallest absolute Gasteiger partial charge is 0.246 e. The van der Waals surface area contributed by atoms with E-state index >= 15 is 0 Å². The van der Waals surface area contributed by atoms with Gasteiger partial charge in [0.15, 0.2) is 0 Å². The van der Waals surface area contributed by atoms with Gasteiger partial charge in [0, 0.05) is 6.54 Å². The summed E-state index contributed by atoms with van der Waals surface area (Å²) in [5, 5.41) is 2.97. The van der Waals surface area contributed by atoms with Gasteiger partial charge in [-0.15, -0.1) is 0 Å². The van der Waals surface area contributed by atoms with Crippen molar-refractivity contribution < 1.29 is 9.59 Å². The molecule has 1 atom stereocenters. The monoisotopic (exact) mass is 266 g/mol. The highest BCUT2D eigenvalue weighted by molar-refractivity contribution is 6.00. The van der Waals surface area contributed by atoms with Crippen LogP contribution in [-0.2, 0) is 9.59 Å². The van der Waals surface area contributed by atoms with Gasteiger partial charge in [0.2, 0.25) is 11.8 Å². The summed E-state index contributed by atoms with van der Waals surface area (Å²) in [6, 6.07) is -0.350. The molecule has 2 fully saturated rings. The molecule has 108 valence electrons. The Kier molecular flexibility index (Phi) is 3.88. The fraction of sp³-hybridized carbons (Fsp3) is 0.867. The minimum Gasteiger partial charge on any atom is -0.342 e. The van der Waals surface area contributed by atoms with Crippen molar-refractivity contribution in [3.63, 3.8) is 0 Å². The number of hydrogen-bond acceptors (Lipinski definition) is 2. The normalized spacial score (nSPS) is 26.6. The molecule has 19 heavy (non-hydrogen) atoms. The summed E-state index contributed by atoms with van der Waals surface area (Å²) in [6.07, 6.45) is 3.73. The molecular formula is C15H26N2O2. The third kappa shape index (κ3) is 2.37. The zero-order valence-corrected chi connectivity index (χ0v) is 12.5. The molecular weight excluding hydrogens is 240 g/mol. The molecule has 1 aliphatic heterocycles. The molecule has 1 unspecified atom stereocenters. The van der Waals surface area contributed by atoms with Gasteiger partial charge in [-0.05, 0) is 24.7 Å². The zero-order valence-electron chi connectivity index (χ0n) is 12.5. The SMILES string of the molecule is CC(C)CN1C(=O)C(C(C)C)NC(=O)C12CCCC2. The molecule has 2 amide bonds. The third-order valence-corrected chi connectivity index (χ3v) is 4.40. The Morgan fingerprint density at radius 1 is 1.21 bits per heavy atom. The number of carbonyl (C=O) groups excluding carboxylic acids is 2. The Bertz CT molecular complexity index is 370. The third-order valence-electron chi connectivity index (χ3n) is 4.40. The molecule has 1 heterocycles. The van der Waals surface area contributed by atoms with E-state index in [-0.39, 0.29) is 23.8 Å². The number of nitrogens with one attached hydrogen (secondary N) is 1. The van der Waals surface area contributed by atoms with Gasteiger partial charge < -0.3 is 10.2 Å². The first-order chi connectivity index (χ1) is 8.88. The summed E-state index contributed by atoms with van der Waals surface area (Å²) < 4.78 is 0. The fourth-order valence-corrected chi connectivity index (χ4v) is 3.38. The lowest BCUT2D eigenvalue weighted by atomic mass is 9.86. The molecule has 4 heteroatoms. The number of carbonyl (C=O) groups is 2. The van der Waals surface area contributed by atoms with Crippen LogP contribution in [0.3, 0.4) is 0 Å². The van der Waals surface area contributed by atoms with Crippen molar-refractivity contribution in [3.8, 4) is 0 Å². The second kappa shape index (κ2) is 5.14. The molecule has 0 aromatic heterocycles. The van der Waals surface area contributed by atoms with Crippen molar-refractivity contribution in [1.29, 1.82) is 0 Å². The van der Waals surface area contributed by atoms with Crippen LogP contribution in [0.1, 0.15) is 53.4 Å². The van der Waals surface area contributed by atoms with Crippen LogP contribution < -0.4 is 5.32 Å². The number of rotatable bonds is 3. The summed E-state index contributed by atoms with van der Waals surface area (Å²) in [6.45, 7) is 8.88. The maximum absolute atomic E-state index is 12.7. The standard InChI is InChI=1S/C15H26N2O2/c1-10(2)9-17-13(18)12(11(3)4)16-14(19)15(17)7-5-6-8-15/h10-12H,5-9H2,1-4H3,(H,16,19). The van der Waals surface area contributed by atoms with Gasteiger partial charge in [-0.2, -0.15) is 0 Å². The average Bonchev–Trinajstić information content (AvgIpc) is 2.79. The highest BCUT2D eigenvalue weighted by Crippen LogP contribution is 2.39. The van der Waals surface area contributed by atoms with E-state index < -0.39 is 5.54 Å². The highest BCUT2D eigenvalue weighted by Gasteiger charge is 2.54. The zero-order chi connectivity index (χ0) is 14.2. The number of piperazine rings is 1. The predicted octanol–water partition coefficient (Wildman–Crippen LogP) is 1.94. The second-order valence-corrected chi connectivity index (χ2v) is 6.78. The van der Waals surface area contributed by atoms with Crippen molar-refractivity contribution in [2.45, 2.75) is 65.0 Å². The number of hydrogen-bond donors (Lipinski definition) is 1. The Morgan fingerprint density at radius 2 is 1.79 bits per heavy atom. The lowest BCUT2D eigenvalue weighted by Crippen LogP contribution is -2.71. The van der Waals surface area contributed by atoms with Gasteiger partial charge in [0.25, 0.3) is 0 Å². The molecule has 1 saturated carbocycles. The molecule has 0 aromatic rings. The Hall–Kier alpha value is -1.06. The summed E-state index contributed by atoms with van der Waals surface area (Å²) >= 11 is 0.